The molecule has 0 unspecified atom stereocenters. The van der Waals surface area contributed by atoms with Gasteiger partial charge in [-0.15, -0.1) is 0 Å². The summed E-state index contributed by atoms with van der Waals surface area (Å²) in [6.45, 7) is 4.35. The van der Waals surface area contributed by atoms with Crippen molar-refractivity contribution in [3.8, 4) is 28.6 Å². The van der Waals surface area contributed by atoms with E-state index in [0.29, 0.717) is 0 Å². The minimum absolute atomic E-state index is 0.858. The summed E-state index contributed by atoms with van der Waals surface area (Å²) in [4.78, 5) is 0. The summed E-state index contributed by atoms with van der Waals surface area (Å²) < 4.78 is 15.5. The van der Waals surface area contributed by atoms with Gasteiger partial charge in [-0.25, -0.2) is 0 Å². The molecule has 11 aromatic rings. The number of aromatic nitrogens is 3. The van der Waals surface area contributed by atoms with Crippen molar-refractivity contribution in [1.29, 1.82) is 0 Å². The molecule has 5 heteroatoms. The highest BCUT2D eigenvalue weighted by Gasteiger charge is 2.22. The van der Waals surface area contributed by atoms with E-state index in [1.807, 2.05) is 0 Å². The first kappa shape index (κ1) is 32.1. The Hall–Kier alpha value is -6.31. The van der Waals surface area contributed by atoms with Crippen LogP contribution >= 0.6 is 22.6 Å². The van der Waals surface area contributed by atoms with E-state index in [0.717, 1.165) is 67.1 Å². The Morgan fingerprint density at radius 2 is 0.855 bits per heavy atom. The summed E-state index contributed by atoms with van der Waals surface area (Å²) in [7, 11) is 0. The topological polar surface area (TPSA) is 24.0 Å². The lowest BCUT2D eigenvalue weighted by Gasteiger charge is -2.15. The third kappa shape index (κ3) is 4.82. The van der Waals surface area contributed by atoms with Gasteiger partial charge in [0.1, 0.15) is 11.5 Å². The minimum atomic E-state index is 0.858. The van der Waals surface area contributed by atoms with Gasteiger partial charge in [-0.3, -0.25) is 0 Å². The minimum Gasteiger partial charge on any atom is -0.456 e. The average Bonchev–Trinajstić information content (AvgIpc) is 3.86. The molecule has 0 saturated carbocycles. The van der Waals surface area contributed by atoms with Crippen LogP contribution in [0.15, 0.2) is 170 Å². The first-order valence-electron chi connectivity index (χ1n) is 18.6. The van der Waals surface area contributed by atoms with E-state index in [9.17, 15) is 0 Å². The van der Waals surface area contributed by atoms with Crippen molar-refractivity contribution in [3.05, 3.63) is 185 Å². The van der Waals surface area contributed by atoms with Crippen molar-refractivity contribution in [2.24, 2.45) is 0 Å². The molecule has 0 bridgehead atoms. The Bertz CT molecular complexity index is 3290. The number of hydrogen-bond donors (Lipinski definition) is 0. The quantitative estimate of drug-likeness (QED) is 0.159. The standard InChI is InChI=1S/C50H34IN3O/c1-31-25-26-46-49(40-20-6-10-24-44(40)53(46)34-14-11-13-33(51)29-34)50(31)55-47-28-27-45-48(32(47)2)39-19-5-9-23-43(39)54(45)36-16-12-15-35(30-36)52-41-21-7-3-17-37(41)38-18-4-8-22-42(38)52/h3-30H,1-2H3. The predicted molar refractivity (Wildman–Crippen MR) is 238 cm³/mol. The number of para-hydroxylation sites is 4. The molecule has 55 heavy (non-hydrogen) atoms. The molecule has 0 fully saturated rings. The summed E-state index contributed by atoms with van der Waals surface area (Å²) in [5, 5.41) is 7.21. The molecule has 262 valence electrons. The number of rotatable bonds is 5. The Morgan fingerprint density at radius 3 is 1.45 bits per heavy atom. The Kier molecular flexibility index (Phi) is 7.23. The lowest BCUT2D eigenvalue weighted by atomic mass is 10.1. The predicted octanol–water partition coefficient (Wildman–Crippen LogP) is 14.0. The van der Waals surface area contributed by atoms with E-state index < -0.39 is 0 Å². The maximum atomic E-state index is 7.13. The van der Waals surface area contributed by atoms with Crippen molar-refractivity contribution in [2.75, 3.05) is 0 Å². The maximum Gasteiger partial charge on any atom is 0.140 e. The fraction of sp³-hybridized carbons (Fsp3) is 0.0400. The van der Waals surface area contributed by atoms with Crippen molar-refractivity contribution in [2.45, 2.75) is 13.8 Å². The zero-order valence-corrected chi connectivity index (χ0v) is 32.5. The van der Waals surface area contributed by atoms with Crippen LogP contribution in [0.4, 0.5) is 0 Å². The van der Waals surface area contributed by atoms with Crippen LogP contribution in [0.1, 0.15) is 11.1 Å². The average molecular weight is 820 g/mol. The summed E-state index contributed by atoms with van der Waals surface area (Å²) in [6.07, 6.45) is 0. The lowest BCUT2D eigenvalue weighted by Crippen LogP contribution is -1.99. The molecule has 0 spiro atoms. The van der Waals surface area contributed by atoms with Gasteiger partial charge in [0.15, 0.2) is 0 Å². The van der Waals surface area contributed by atoms with E-state index in [2.05, 4.69) is 220 Å². The van der Waals surface area contributed by atoms with Crippen LogP contribution in [0.25, 0.3) is 82.5 Å². The number of nitrogens with zero attached hydrogens (tertiary/aromatic N) is 3. The van der Waals surface area contributed by atoms with Crippen LogP contribution in [-0.4, -0.2) is 13.7 Å². The van der Waals surface area contributed by atoms with E-state index >= 15 is 0 Å². The van der Waals surface area contributed by atoms with Crippen LogP contribution in [-0.2, 0) is 0 Å². The molecule has 0 aliphatic heterocycles. The van der Waals surface area contributed by atoms with Crippen LogP contribution in [0.3, 0.4) is 0 Å². The second-order valence-corrected chi connectivity index (χ2v) is 15.6. The monoisotopic (exact) mass is 819 g/mol. The molecule has 4 nitrogen and oxygen atoms in total. The number of benzene rings is 8. The zero-order valence-electron chi connectivity index (χ0n) is 30.3. The largest absolute Gasteiger partial charge is 0.456 e. The van der Waals surface area contributed by atoms with E-state index in [4.69, 9.17) is 4.74 Å². The van der Waals surface area contributed by atoms with Gasteiger partial charge < -0.3 is 18.4 Å². The van der Waals surface area contributed by atoms with E-state index in [-0.39, 0.29) is 0 Å². The smallest absolute Gasteiger partial charge is 0.140 e. The van der Waals surface area contributed by atoms with E-state index in [1.165, 1.54) is 41.5 Å². The summed E-state index contributed by atoms with van der Waals surface area (Å²) >= 11 is 2.40. The molecule has 0 aliphatic rings. The van der Waals surface area contributed by atoms with Gasteiger partial charge in [0, 0.05) is 53.1 Å². The molecule has 0 aliphatic carbocycles. The molecule has 0 atom stereocenters. The first-order valence-corrected chi connectivity index (χ1v) is 19.7. The van der Waals surface area contributed by atoms with Crippen LogP contribution in [0.2, 0.25) is 0 Å². The number of hydrogen-bond acceptors (Lipinski definition) is 1. The van der Waals surface area contributed by atoms with Gasteiger partial charge >= 0.3 is 0 Å². The number of ether oxygens (including phenoxy) is 1. The molecule has 0 saturated heterocycles. The summed E-state index contributed by atoms with van der Waals surface area (Å²) in [5.41, 5.74) is 12.6. The molecule has 3 heterocycles. The molecule has 11 rings (SSSR count). The zero-order chi connectivity index (χ0) is 36.8. The number of aryl methyl sites for hydroxylation is 2. The van der Waals surface area contributed by atoms with Gasteiger partial charge in [-0.05, 0) is 121 Å². The van der Waals surface area contributed by atoms with Crippen molar-refractivity contribution in [3.63, 3.8) is 0 Å². The Morgan fingerprint density at radius 1 is 0.400 bits per heavy atom. The summed E-state index contributed by atoms with van der Waals surface area (Å²) in [6, 6.07) is 61.2. The van der Waals surface area contributed by atoms with Crippen LogP contribution in [0, 0.1) is 17.4 Å². The first-order chi connectivity index (χ1) is 27.0. The molecule has 0 amide bonds. The fourth-order valence-corrected chi connectivity index (χ4v) is 9.37. The third-order valence-electron chi connectivity index (χ3n) is 11.2. The van der Waals surface area contributed by atoms with Crippen molar-refractivity contribution in [1.82, 2.24) is 13.7 Å². The van der Waals surface area contributed by atoms with Crippen LogP contribution in [0.5, 0.6) is 11.5 Å². The molecule has 8 aromatic carbocycles. The Balaban J connectivity index is 1.09. The molecule has 0 N–H and O–H groups in total. The lowest BCUT2D eigenvalue weighted by molar-refractivity contribution is 0.482. The second-order valence-electron chi connectivity index (χ2n) is 14.4. The third-order valence-corrected chi connectivity index (χ3v) is 11.9. The van der Waals surface area contributed by atoms with Gasteiger partial charge in [0.25, 0.3) is 0 Å². The van der Waals surface area contributed by atoms with Gasteiger partial charge in [-0.2, -0.15) is 0 Å². The molecular formula is C50H34IN3O. The highest BCUT2D eigenvalue weighted by atomic mass is 127. The van der Waals surface area contributed by atoms with Gasteiger partial charge in [0.05, 0.1) is 38.5 Å². The fourth-order valence-electron chi connectivity index (χ4n) is 8.84. The molecule has 3 aromatic heterocycles. The normalized spacial score (nSPS) is 11.9. The van der Waals surface area contributed by atoms with Gasteiger partial charge in [0.2, 0.25) is 0 Å². The molecule has 0 radical (unpaired) electrons. The van der Waals surface area contributed by atoms with Crippen molar-refractivity contribution >= 4 is 88.0 Å². The van der Waals surface area contributed by atoms with Crippen LogP contribution < -0.4 is 4.74 Å². The SMILES string of the molecule is Cc1ccc2c(c1Oc1ccc3c(c1C)c1ccccc1n3-c1cccc(-n3c4ccccc4c4ccccc43)c1)c1ccccc1n2-c1cccc(I)c1. The molecular weight excluding hydrogens is 785 g/mol. The van der Waals surface area contributed by atoms with Crippen molar-refractivity contribution < 1.29 is 4.74 Å². The number of halogens is 1. The van der Waals surface area contributed by atoms with E-state index in [1.54, 1.807) is 0 Å². The second kappa shape index (κ2) is 12.4. The maximum absolute atomic E-state index is 7.13. The highest BCUT2D eigenvalue weighted by Crippen LogP contribution is 2.44. The summed E-state index contributed by atoms with van der Waals surface area (Å²) in [5.74, 6) is 1.75. The van der Waals surface area contributed by atoms with Gasteiger partial charge in [-0.1, -0.05) is 91.0 Å². The number of fused-ring (bicyclic) bond motifs is 9. The highest BCUT2D eigenvalue weighted by molar-refractivity contribution is 14.1. The Labute approximate surface area is 331 Å².